The number of ketones is 1. The van der Waals surface area contributed by atoms with Gasteiger partial charge in [0.2, 0.25) is 5.78 Å². The number of hydrogen-bond donors (Lipinski definition) is 0. The first kappa shape index (κ1) is 18.1. The highest BCUT2D eigenvalue weighted by Gasteiger charge is 2.27. The molecule has 0 N–H and O–H groups in total. The average Bonchev–Trinajstić information content (AvgIpc) is 3.02. The lowest BCUT2D eigenvalue weighted by atomic mass is 10.1. The number of methoxy groups -OCH3 is 1. The Labute approximate surface area is 167 Å². The quantitative estimate of drug-likeness (QED) is 0.534. The number of carbonyl (C=O) groups is 1. The molecule has 0 saturated heterocycles. The summed E-state index contributed by atoms with van der Waals surface area (Å²) in [6.45, 7) is 0.377. The smallest absolute Gasteiger partial charge is 0.231 e. The van der Waals surface area contributed by atoms with Crippen LogP contribution in [0.25, 0.3) is 6.08 Å². The van der Waals surface area contributed by atoms with E-state index in [1.165, 1.54) is 0 Å². The van der Waals surface area contributed by atoms with Gasteiger partial charge in [-0.25, -0.2) is 0 Å². The van der Waals surface area contributed by atoms with Gasteiger partial charge in [-0.2, -0.15) is 0 Å². The molecule has 0 aromatic heterocycles. The van der Waals surface area contributed by atoms with Gasteiger partial charge in [-0.1, -0.05) is 35.9 Å². The molecule has 1 aliphatic heterocycles. The third-order valence-corrected chi connectivity index (χ3v) is 4.58. The van der Waals surface area contributed by atoms with Crippen LogP contribution in [-0.2, 0) is 6.61 Å². The van der Waals surface area contributed by atoms with E-state index in [1.54, 1.807) is 31.4 Å². The molecule has 0 aliphatic carbocycles. The lowest BCUT2D eigenvalue weighted by Crippen LogP contribution is -1.98. The third-order valence-electron chi connectivity index (χ3n) is 4.35. The van der Waals surface area contributed by atoms with Crippen LogP contribution in [0.3, 0.4) is 0 Å². The van der Waals surface area contributed by atoms with E-state index in [1.807, 2.05) is 48.5 Å². The van der Waals surface area contributed by atoms with Crippen molar-refractivity contribution in [3.05, 3.63) is 94.2 Å². The minimum atomic E-state index is -0.146. The summed E-state index contributed by atoms with van der Waals surface area (Å²) in [5.74, 6) is 2.01. The van der Waals surface area contributed by atoms with Crippen LogP contribution in [0.1, 0.15) is 21.5 Å². The summed E-state index contributed by atoms with van der Waals surface area (Å²) in [4.78, 5) is 12.6. The maximum atomic E-state index is 12.6. The van der Waals surface area contributed by atoms with Gasteiger partial charge in [0, 0.05) is 11.1 Å². The second-order valence-corrected chi connectivity index (χ2v) is 6.73. The fourth-order valence-corrected chi connectivity index (χ4v) is 3.11. The van der Waals surface area contributed by atoms with Gasteiger partial charge in [-0.3, -0.25) is 4.79 Å². The molecule has 4 rings (SSSR count). The number of rotatable bonds is 5. The molecule has 1 heterocycles. The molecule has 0 spiro atoms. The number of allylic oxidation sites excluding steroid dienone is 1. The van der Waals surface area contributed by atoms with Crippen LogP contribution in [0.4, 0.5) is 0 Å². The normalized spacial score (nSPS) is 13.9. The van der Waals surface area contributed by atoms with Crippen LogP contribution < -0.4 is 14.2 Å². The van der Waals surface area contributed by atoms with Crippen molar-refractivity contribution in [2.45, 2.75) is 6.61 Å². The summed E-state index contributed by atoms with van der Waals surface area (Å²) in [6, 6.07) is 20.1. The molecule has 5 heteroatoms. The van der Waals surface area contributed by atoms with Crippen LogP contribution in [0.15, 0.2) is 72.5 Å². The summed E-state index contributed by atoms with van der Waals surface area (Å²) < 4.78 is 16.7. The van der Waals surface area contributed by atoms with Gasteiger partial charge in [0.05, 0.1) is 12.7 Å². The van der Waals surface area contributed by atoms with E-state index in [0.717, 1.165) is 16.9 Å². The minimum Gasteiger partial charge on any atom is -0.497 e. The van der Waals surface area contributed by atoms with E-state index in [0.29, 0.717) is 28.7 Å². The van der Waals surface area contributed by atoms with Crippen LogP contribution in [0.2, 0.25) is 5.02 Å². The first-order valence-corrected chi connectivity index (χ1v) is 9.10. The standard InChI is InChI=1S/C23H17ClO4/c1-26-18-7-5-15(6-8-18)12-22-23(25)20-10-9-19(13-21(20)28-22)27-14-16-3-2-4-17(24)11-16/h2-13H,14H2,1H3/b22-12+. The number of ether oxygens (including phenoxy) is 3. The summed E-state index contributed by atoms with van der Waals surface area (Å²) in [6.07, 6.45) is 1.72. The summed E-state index contributed by atoms with van der Waals surface area (Å²) in [7, 11) is 1.61. The van der Waals surface area contributed by atoms with Gasteiger partial charge >= 0.3 is 0 Å². The average molecular weight is 393 g/mol. The zero-order chi connectivity index (χ0) is 19.5. The van der Waals surface area contributed by atoms with Gasteiger partial charge in [0.1, 0.15) is 23.9 Å². The van der Waals surface area contributed by atoms with Gasteiger partial charge in [-0.05, 0) is 53.6 Å². The molecule has 0 fully saturated rings. The molecule has 140 valence electrons. The third kappa shape index (κ3) is 3.87. The molecule has 3 aromatic rings. The molecular formula is C23H17ClO4. The highest BCUT2D eigenvalue weighted by atomic mass is 35.5. The van der Waals surface area contributed by atoms with E-state index in [9.17, 15) is 4.79 Å². The predicted octanol–water partition coefficient (Wildman–Crippen LogP) is 5.54. The number of carbonyl (C=O) groups excluding carboxylic acids is 1. The number of halogens is 1. The van der Waals surface area contributed by atoms with Crippen molar-refractivity contribution in [1.29, 1.82) is 0 Å². The van der Waals surface area contributed by atoms with E-state index in [2.05, 4.69) is 0 Å². The van der Waals surface area contributed by atoms with Crippen LogP contribution in [0, 0.1) is 0 Å². The zero-order valence-electron chi connectivity index (χ0n) is 15.1. The highest BCUT2D eigenvalue weighted by Crippen LogP contribution is 2.35. The second-order valence-electron chi connectivity index (χ2n) is 6.29. The fraction of sp³-hybridized carbons (Fsp3) is 0.0870. The van der Waals surface area contributed by atoms with Crippen LogP contribution >= 0.6 is 11.6 Å². The molecule has 0 radical (unpaired) electrons. The first-order chi connectivity index (χ1) is 13.6. The Morgan fingerprint density at radius 1 is 1.00 bits per heavy atom. The number of Topliss-reactive ketones (excluding diaryl/α,β-unsaturated/α-hetero) is 1. The summed E-state index contributed by atoms with van der Waals surface area (Å²) in [5.41, 5.74) is 2.34. The van der Waals surface area contributed by atoms with Crippen molar-refractivity contribution in [2.24, 2.45) is 0 Å². The maximum Gasteiger partial charge on any atom is 0.231 e. The molecule has 28 heavy (non-hydrogen) atoms. The summed E-state index contributed by atoms with van der Waals surface area (Å²) in [5, 5.41) is 0.664. The van der Waals surface area contributed by atoms with E-state index in [-0.39, 0.29) is 11.5 Å². The molecule has 4 nitrogen and oxygen atoms in total. The van der Waals surface area contributed by atoms with Gasteiger partial charge in [0.15, 0.2) is 5.76 Å². The van der Waals surface area contributed by atoms with Crippen molar-refractivity contribution < 1.29 is 19.0 Å². The molecular weight excluding hydrogens is 376 g/mol. The van der Waals surface area contributed by atoms with Crippen LogP contribution in [0.5, 0.6) is 17.2 Å². The molecule has 0 bridgehead atoms. The number of hydrogen-bond acceptors (Lipinski definition) is 4. The lowest BCUT2D eigenvalue weighted by molar-refractivity contribution is 0.101. The van der Waals surface area contributed by atoms with Crippen molar-refractivity contribution in [2.75, 3.05) is 7.11 Å². The highest BCUT2D eigenvalue weighted by molar-refractivity contribution is 6.30. The Balaban J connectivity index is 1.49. The Bertz CT molecular complexity index is 1050. The largest absolute Gasteiger partial charge is 0.497 e. The minimum absolute atomic E-state index is 0.146. The molecule has 0 atom stereocenters. The summed E-state index contributed by atoms with van der Waals surface area (Å²) >= 11 is 5.99. The Hall–Kier alpha value is -3.24. The van der Waals surface area contributed by atoms with Crippen LogP contribution in [-0.4, -0.2) is 12.9 Å². The van der Waals surface area contributed by atoms with Crippen molar-refractivity contribution in [3.63, 3.8) is 0 Å². The van der Waals surface area contributed by atoms with Gasteiger partial charge < -0.3 is 14.2 Å². The molecule has 0 saturated carbocycles. The maximum absolute atomic E-state index is 12.6. The topological polar surface area (TPSA) is 44.8 Å². The van der Waals surface area contributed by atoms with Crippen molar-refractivity contribution >= 4 is 23.5 Å². The monoisotopic (exact) mass is 392 g/mol. The van der Waals surface area contributed by atoms with E-state index >= 15 is 0 Å². The van der Waals surface area contributed by atoms with Gasteiger partial charge in [0.25, 0.3) is 0 Å². The zero-order valence-corrected chi connectivity index (χ0v) is 15.9. The number of fused-ring (bicyclic) bond motifs is 1. The Morgan fingerprint density at radius 2 is 1.79 bits per heavy atom. The molecule has 0 unspecified atom stereocenters. The van der Waals surface area contributed by atoms with Crippen molar-refractivity contribution in [3.8, 4) is 17.2 Å². The van der Waals surface area contributed by atoms with Gasteiger partial charge in [-0.15, -0.1) is 0 Å². The molecule has 1 aliphatic rings. The Morgan fingerprint density at radius 3 is 2.54 bits per heavy atom. The Kier molecular flexibility index (Phi) is 5.04. The van der Waals surface area contributed by atoms with E-state index < -0.39 is 0 Å². The fourth-order valence-electron chi connectivity index (χ4n) is 2.90. The molecule has 3 aromatic carbocycles. The van der Waals surface area contributed by atoms with Crippen molar-refractivity contribution in [1.82, 2.24) is 0 Å². The lowest BCUT2D eigenvalue weighted by Gasteiger charge is -2.07. The molecule has 0 amide bonds. The second kappa shape index (κ2) is 7.79. The number of benzene rings is 3. The van der Waals surface area contributed by atoms with E-state index in [4.69, 9.17) is 25.8 Å². The first-order valence-electron chi connectivity index (χ1n) is 8.72. The SMILES string of the molecule is COc1ccc(/C=C2/Oc3cc(OCc4cccc(Cl)c4)ccc3C2=O)cc1. The predicted molar refractivity (Wildman–Crippen MR) is 108 cm³/mol.